The van der Waals surface area contributed by atoms with Gasteiger partial charge >= 0.3 is 0 Å². The third-order valence-corrected chi connectivity index (χ3v) is 4.29. The third kappa shape index (κ3) is 3.31. The topological polar surface area (TPSA) is 111 Å². The molecule has 4 aromatic carbocycles. The molecule has 0 aliphatic rings. The van der Waals surface area contributed by atoms with Gasteiger partial charge in [0.1, 0.15) is 23.0 Å². The van der Waals surface area contributed by atoms with Crippen molar-refractivity contribution in [1.82, 2.24) is 0 Å². The van der Waals surface area contributed by atoms with Crippen molar-refractivity contribution in [3.63, 3.8) is 0 Å². The molecule has 0 aromatic heterocycles. The van der Waals surface area contributed by atoms with E-state index < -0.39 is 0 Å². The molecule has 0 amide bonds. The monoisotopic (exact) mass is 374 g/mol. The lowest BCUT2D eigenvalue weighted by Gasteiger charge is -2.15. The van der Waals surface area contributed by atoms with Crippen molar-refractivity contribution < 1.29 is 19.7 Å². The van der Waals surface area contributed by atoms with Gasteiger partial charge in [-0.25, -0.2) is 0 Å². The van der Waals surface area contributed by atoms with E-state index in [1.54, 1.807) is 30.3 Å². The first-order chi connectivity index (χ1) is 13.5. The van der Waals surface area contributed by atoms with Crippen LogP contribution in [0.5, 0.6) is 34.5 Å². The van der Waals surface area contributed by atoms with Gasteiger partial charge < -0.3 is 31.2 Å². The summed E-state index contributed by atoms with van der Waals surface area (Å²) in [5, 5.41) is 21.5. The van der Waals surface area contributed by atoms with Gasteiger partial charge in [-0.15, -0.1) is 0 Å². The molecule has 0 radical (unpaired) electrons. The van der Waals surface area contributed by atoms with Crippen molar-refractivity contribution in [2.24, 2.45) is 0 Å². The van der Waals surface area contributed by atoms with Crippen LogP contribution < -0.4 is 20.9 Å². The minimum Gasteiger partial charge on any atom is -0.506 e. The van der Waals surface area contributed by atoms with Gasteiger partial charge in [0.25, 0.3) is 0 Å². The van der Waals surface area contributed by atoms with E-state index in [1.807, 2.05) is 30.3 Å². The van der Waals surface area contributed by atoms with Gasteiger partial charge in [0, 0.05) is 17.5 Å². The molecule has 28 heavy (non-hydrogen) atoms. The molecule has 4 rings (SSSR count). The molecule has 0 saturated heterocycles. The van der Waals surface area contributed by atoms with E-state index >= 15 is 0 Å². The van der Waals surface area contributed by atoms with Crippen LogP contribution in [0.25, 0.3) is 10.8 Å². The maximum Gasteiger partial charge on any atom is 0.177 e. The molecule has 4 aromatic rings. The van der Waals surface area contributed by atoms with Gasteiger partial charge in [0.2, 0.25) is 0 Å². The van der Waals surface area contributed by atoms with Gasteiger partial charge in [-0.1, -0.05) is 30.3 Å². The second-order valence-corrected chi connectivity index (χ2v) is 6.26. The number of rotatable bonds is 4. The van der Waals surface area contributed by atoms with Crippen molar-refractivity contribution in [2.45, 2.75) is 0 Å². The quantitative estimate of drug-likeness (QED) is 0.295. The fourth-order valence-corrected chi connectivity index (χ4v) is 2.83. The van der Waals surface area contributed by atoms with Crippen molar-refractivity contribution in [2.75, 3.05) is 11.5 Å². The molecular formula is C22H18N2O4. The van der Waals surface area contributed by atoms with Crippen LogP contribution >= 0.6 is 0 Å². The Bertz CT molecular complexity index is 1170. The molecule has 0 unspecified atom stereocenters. The van der Waals surface area contributed by atoms with E-state index in [4.69, 9.17) is 20.9 Å². The number of phenolic OH excluding ortho intramolecular Hbond substituents is 2. The van der Waals surface area contributed by atoms with Crippen LogP contribution in [-0.4, -0.2) is 10.2 Å². The summed E-state index contributed by atoms with van der Waals surface area (Å²) in [6, 6.07) is 20.7. The Morgan fingerprint density at radius 3 is 1.89 bits per heavy atom. The summed E-state index contributed by atoms with van der Waals surface area (Å²) >= 11 is 0. The number of anilines is 2. The number of aromatic hydroxyl groups is 2. The summed E-state index contributed by atoms with van der Waals surface area (Å²) in [6.45, 7) is 0. The molecular weight excluding hydrogens is 356 g/mol. The fourth-order valence-electron chi connectivity index (χ4n) is 2.83. The highest BCUT2D eigenvalue weighted by atomic mass is 16.5. The second kappa shape index (κ2) is 6.92. The van der Waals surface area contributed by atoms with Gasteiger partial charge in [-0.05, 0) is 35.7 Å². The zero-order chi connectivity index (χ0) is 19.7. The number of hydrogen-bond acceptors (Lipinski definition) is 6. The molecule has 0 atom stereocenters. The van der Waals surface area contributed by atoms with Crippen LogP contribution in [0.2, 0.25) is 0 Å². The minimum absolute atomic E-state index is 0.0655. The van der Waals surface area contributed by atoms with Crippen molar-refractivity contribution in [1.29, 1.82) is 0 Å². The average Bonchev–Trinajstić information content (AvgIpc) is 2.69. The number of nitrogen functional groups attached to an aromatic ring is 2. The summed E-state index contributed by atoms with van der Waals surface area (Å²) in [5.41, 5.74) is 11.8. The molecule has 0 bridgehead atoms. The second-order valence-electron chi connectivity index (χ2n) is 6.26. The SMILES string of the molecule is Nc1ccc(Oc2ccc3ccccc3c2Oc2ccc(N)c(O)c2)cc1O. The Labute approximate surface area is 161 Å². The van der Waals surface area contributed by atoms with Crippen molar-refractivity contribution in [3.8, 4) is 34.5 Å². The van der Waals surface area contributed by atoms with E-state index in [0.29, 0.717) is 23.0 Å². The average molecular weight is 374 g/mol. The lowest BCUT2D eigenvalue weighted by atomic mass is 10.1. The van der Waals surface area contributed by atoms with Gasteiger partial charge in [0.05, 0.1) is 11.4 Å². The zero-order valence-corrected chi connectivity index (χ0v) is 14.8. The first-order valence-electron chi connectivity index (χ1n) is 8.56. The number of ether oxygens (including phenoxy) is 2. The molecule has 140 valence electrons. The highest BCUT2D eigenvalue weighted by molar-refractivity contribution is 5.91. The Kier molecular flexibility index (Phi) is 4.29. The van der Waals surface area contributed by atoms with Crippen LogP contribution in [0.15, 0.2) is 72.8 Å². The standard InChI is InChI=1S/C22H18N2O4/c23-17-8-6-14(11-19(17)25)27-21-10-5-13-3-1-2-4-16(13)22(21)28-15-7-9-18(24)20(26)12-15/h1-12,25-26H,23-24H2. The Morgan fingerprint density at radius 2 is 1.25 bits per heavy atom. The number of nitrogens with two attached hydrogens (primary N) is 2. The van der Waals surface area contributed by atoms with Gasteiger partial charge in [-0.3, -0.25) is 0 Å². The number of phenols is 2. The highest BCUT2D eigenvalue weighted by Gasteiger charge is 2.14. The fraction of sp³-hybridized carbons (Fsp3) is 0. The number of hydrogen-bond donors (Lipinski definition) is 4. The van der Waals surface area contributed by atoms with Crippen LogP contribution in [0.4, 0.5) is 11.4 Å². The lowest BCUT2D eigenvalue weighted by Crippen LogP contribution is -1.93. The highest BCUT2D eigenvalue weighted by Crippen LogP contribution is 2.42. The molecule has 6 N–H and O–H groups in total. The van der Waals surface area contributed by atoms with Crippen LogP contribution in [-0.2, 0) is 0 Å². The Balaban J connectivity index is 1.80. The predicted molar refractivity (Wildman–Crippen MR) is 109 cm³/mol. The third-order valence-electron chi connectivity index (χ3n) is 4.29. The van der Waals surface area contributed by atoms with Crippen LogP contribution in [0, 0.1) is 0 Å². The number of benzene rings is 4. The summed E-state index contributed by atoms with van der Waals surface area (Å²) < 4.78 is 12.0. The first kappa shape index (κ1) is 17.4. The van der Waals surface area contributed by atoms with Gasteiger partial charge in [0.15, 0.2) is 11.5 Å². The van der Waals surface area contributed by atoms with Crippen LogP contribution in [0.1, 0.15) is 0 Å². The maximum absolute atomic E-state index is 9.88. The number of fused-ring (bicyclic) bond motifs is 1. The minimum atomic E-state index is -0.0661. The van der Waals surface area contributed by atoms with Crippen LogP contribution in [0.3, 0.4) is 0 Å². The molecule has 0 spiro atoms. The Morgan fingerprint density at radius 1 is 0.643 bits per heavy atom. The molecule has 0 saturated carbocycles. The molecule has 6 heteroatoms. The largest absolute Gasteiger partial charge is 0.506 e. The molecule has 0 aliphatic carbocycles. The molecule has 0 aliphatic heterocycles. The molecule has 0 fully saturated rings. The summed E-state index contributed by atoms with van der Waals surface area (Å²) in [5.74, 6) is 1.60. The smallest absolute Gasteiger partial charge is 0.177 e. The molecule has 0 heterocycles. The maximum atomic E-state index is 9.88. The Hall–Kier alpha value is -4.06. The lowest BCUT2D eigenvalue weighted by molar-refractivity contribution is 0.415. The van der Waals surface area contributed by atoms with Crippen molar-refractivity contribution >= 4 is 22.1 Å². The molecule has 6 nitrogen and oxygen atoms in total. The van der Waals surface area contributed by atoms with Crippen molar-refractivity contribution in [3.05, 3.63) is 72.8 Å². The summed E-state index contributed by atoms with van der Waals surface area (Å²) in [7, 11) is 0. The van der Waals surface area contributed by atoms with Gasteiger partial charge in [-0.2, -0.15) is 0 Å². The van der Waals surface area contributed by atoms with E-state index in [1.165, 1.54) is 12.1 Å². The van der Waals surface area contributed by atoms with E-state index in [9.17, 15) is 10.2 Å². The summed E-state index contributed by atoms with van der Waals surface area (Å²) in [4.78, 5) is 0. The van der Waals surface area contributed by atoms with E-state index in [2.05, 4.69) is 0 Å². The zero-order valence-electron chi connectivity index (χ0n) is 14.8. The van der Waals surface area contributed by atoms with E-state index in [-0.39, 0.29) is 22.9 Å². The summed E-state index contributed by atoms with van der Waals surface area (Å²) in [6.07, 6.45) is 0. The normalized spacial score (nSPS) is 10.7. The first-order valence-corrected chi connectivity index (χ1v) is 8.56. The van der Waals surface area contributed by atoms with E-state index in [0.717, 1.165) is 10.8 Å². The predicted octanol–water partition coefficient (Wildman–Crippen LogP) is 5.00.